The summed E-state index contributed by atoms with van der Waals surface area (Å²) in [6, 6.07) is 0. The lowest BCUT2D eigenvalue weighted by molar-refractivity contribution is -0.137. The van der Waals surface area contributed by atoms with Crippen molar-refractivity contribution in [3.63, 3.8) is 0 Å². The lowest BCUT2D eigenvalue weighted by atomic mass is 9.87. The number of rotatable bonds is 33. The number of allylic oxidation sites excluding steroid dienone is 4. The molecule has 2 amide bonds. The Kier molecular flexibility index (Phi) is 24.9. The molecule has 7 unspecified atom stereocenters. The van der Waals surface area contributed by atoms with E-state index in [-0.39, 0.29) is 41.6 Å². The third-order valence-electron chi connectivity index (χ3n) is 10.1. The Bertz CT molecular complexity index is 2090. The Hall–Kier alpha value is -2.96. The first-order valence-corrected chi connectivity index (χ1v) is 27.4. The second-order valence-electron chi connectivity index (χ2n) is 16.3. The minimum atomic E-state index is -5.58. The second kappa shape index (κ2) is 28.6. The summed E-state index contributed by atoms with van der Waals surface area (Å²) in [5.74, 6) is -1.04. The quantitative estimate of drug-likeness (QED) is 0.0270. The van der Waals surface area contributed by atoms with Crippen LogP contribution in [-0.4, -0.2) is 123 Å². The van der Waals surface area contributed by atoms with Crippen molar-refractivity contribution in [1.29, 1.82) is 0 Å². The number of carbonyl (C=O) groups is 3. The summed E-state index contributed by atoms with van der Waals surface area (Å²) in [6.07, 6.45) is 14.6. The molecular weight excluding hydrogens is 963 g/mol. The average Bonchev–Trinajstić information content (AvgIpc) is 3.81. The van der Waals surface area contributed by atoms with Crippen molar-refractivity contribution in [2.75, 3.05) is 37.8 Å². The minimum absolute atomic E-state index is 0.0323. The van der Waals surface area contributed by atoms with Gasteiger partial charge in [-0.25, -0.2) is 28.6 Å². The summed E-state index contributed by atoms with van der Waals surface area (Å²) in [5, 5.41) is 26.6. The van der Waals surface area contributed by atoms with E-state index in [2.05, 4.69) is 65.6 Å². The summed E-state index contributed by atoms with van der Waals surface area (Å²) < 4.78 is 62.4. The number of aromatic nitrogens is 4. The predicted octanol–water partition coefficient (Wildman–Crippen LogP) is 4.48. The molecule has 0 spiro atoms. The van der Waals surface area contributed by atoms with E-state index in [4.69, 9.17) is 19.5 Å². The smallest absolute Gasteiger partial charge is 0.386 e. The number of thioether (sulfide) groups is 1. The molecular formula is C39H66N7O17P3S. The van der Waals surface area contributed by atoms with Crippen molar-refractivity contribution in [2.45, 2.75) is 135 Å². The average molecular weight is 1030 g/mol. The molecule has 0 radical (unpaired) electrons. The van der Waals surface area contributed by atoms with E-state index in [1.807, 2.05) is 0 Å². The van der Waals surface area contributed by atoms with E-state index in [0.29, 0.717) is 12.2 Å². The largest absolute Gasteiger partial charge is 0.481 e. The van der Waals surface area contributed by atoms with Crippen LogP contribution in [0.3, 0.4) is 0 Å². The van der Waals surface area contributed by atoms with E-state index in [1.54, 1.807) is 0 Å². The van der Waals surface area contributed by atoms with E-state index < -0.39 is 84.6 Å². The van der Waals surface area contributed by atoms with Gasteiger partial charge in [-0.05, 0) is 38.5 Å². The molecule has 1 fully saturated rings. The number of anilines is 1. The van der Waals surface area contributed by atoms with Crippen LogP contribution in [0, 0.1) is 5.41 Å². The third kappa shape index (κ3) is 21.7. The van der Waals surface area contributed by atoms with Gasteiger partial charge in [0.25, 0.3) is 0 Å². The Morgan fingerprint density at radius 2 is 1.57 bits per heavy atom. The molecule has 7 atom stereocenters. The molecule has 0 bridgehead atoms. The lowest BCUT2D eigenvalue weighted by Crippen LogP contribution is -2.46. The number of phosphoric acid groups is 3. The van der Waals surface area contributed by atoms with Gasteiger partial charge in [-0.1, -0.05) is 88.9 Å². The normalized spacial score (nSPS) is 20.3. The first-order valence-electron chi connectivity index (χ1n) is 21.9. The molecule has 1 saturated heterocycles. The summed E-state index contributed by atoms with van der Waals surface area (Å²) in [4.78, 5) is 88.3. The van der Waals surface area contributed by atoms with Crippen molar-refractivity contribution in [2.24, 2.45) is 5.41 Å². The summed E-state index contributed by atoms with van der Waals surface area (Å²) >= 11 is 1.14. The zero-order chi connectivity index (χ0) is 49.7. The van der Waals surface area contributed by atoms with Crippen LogP contribution < -0.4 is 16.4 Å². The number of nitrogens with zero attached hydrogens (tertiary/aromatic N) is 4. The maximum absolute atomic E-state index is 12.7. The SMILES string of the molecule is CCCCCC=CCC=CCCCCCCCC(=O)SCCNC(=O)CCNC(=O)C(O)C(C)(C)COP(=O)(O)OP(=O)(O)OCC1OC(n2cnc3c(N)ncnc32)C(O)C1OP(=O)(O)O. The van der Waals surface area contributed by atoms with Crippen molar-refractivity contribution in [3.8, 4) is 0 Å². The van der Waals surface area contributed by atoms with Gasteiger partial charge in [-0.3, -0.25) is 32.5 Å². The van der Waals surface area contributed by atoms with Gasteiger partial charge >= 0.3 is 23.5 Å². The van der Waals surface area contributed by atoms with Gasteiger partial charge in [0.2, 0.25) is 11.8 Å². The molecule has 0 aromatic carbocycles. The fraction of sp³-hybridized carbons (Fsp3) is 0.692. The molecule has 24 nitrogen and oxygen atoms in total. The van der Waals surface area contributed by atoms with Gasteiger partial charge < -0.3 is 50.9 Å². The van der Waals surface area contributed by atoms with Gasteiger partial charge in [0, 0.05) is 37.1 Å². The highest BCUT2D eigenvalue weighted by Crippen LogP contribution is 2.61. The standard InChI is InChI=1S/C39H66N7O17P3S/c1-4-5-6-7-8-9-10-11-12-13-14-15-16-17-18-19-30(48)67-23-22-41-29(47)20-21-42-37(51)34(50)39(2,3)25-60-66(57,58)63-65(55,56)59-24-28-33(62-64(52,53)54)32(49)38(61-28)46-27-45-31-35(40)43-26-44-36(31)46/h8-9,11-12,26-28,32-34,38,49-50H,4-7,10,13-25H2,1-3H3,(H,41,47)(H,42,51)(H,55,56)(H,57,58)(H2,40,43,44)(H2,52,53,54). The molecule has 10 N–H and O–H groups in total. The van der Waals surface area contributed by atoms with Crippen LogP contribution in [0.15, 0.2) is 37.0 Å². The minimum Gasteiger partial charge on any atom is -0.386 e. The monoisotopic (exact) mass is 1030 g/mol. The Morgan fingerprint density at radius 3 is 2.25 bits per heavy atom. The number of nitrogen functional groups attached to an aromatic ring is 1. The van der Waals surface area contributed by atoms with Gasteiger partial charge in [0.1, 0.15) is 36.3 Å². The number of fused-ring (bicyclic) bond motifs is 1. The molecule has 380 valence electrons. The van der Waals surface area contributed by atoms with Crippen molar-refractivity contribution >= 4 is 69.1 Å². The van der Waals surface area contributed by atoms with E-state index in [1.165, 1.54) is 33.1 Å². The molecule has 3 heterocycles. The molecule has 28 heteroatoms. The topological polar surface area (TPSA) is 364 Å². The van der Waals surface area contributed by atoms with Gasteiger partial charge in [0.05, 0.1) is 19.5 Å². The molecule has 1 aliphatic heterocycles. The van der Waals surface area contributed by atoms with Crippen molar-refractivity contribution in [1.82, 2.24) is 30.2 Å². The van der Waals surface area contributed by atoms with Gasteiger partial charge in [-0.2, -0.15) is 4.31 Å². The highest BCUT2D eigenvalue weighted by molar-refractivity contribution is 8.13. The molecule has 3 rings (SSSR count). The van der Waals surface area contributed by atoms with Crippen molar-refractivity contribution in [3.05, 3.63) is 37.0 Å². The molecule has 67 heavy (non-hydrogen) atoms. The fourth-order valence-electron chi connectivity index (χ4n) is 6.45. The number of unbranched alkanes of at least 4 members (excludes halogenated alkanes) is 8. The van der Waals surface area contributed by atoms with Crippen LogP contribution in [0.25, 0.3) is 11.2 Å². The molecule has 1 aliphatic rings. The van der Waals surface area contributed by atoms with Crippen LogP contribution in [0.4, 0.5) is 5.82 Å². The zero-order valence-electron chi connectivity index (χ0n) is 37.9. The number of aliphatic hydroxyl groups excluding tert-OH is 2. The van der Waals surface area contributed by atoms with Crippen LogP contribution in [0.5, 0.6) is 0 Å². The maximum atomic E-state index is 12.7. The maximum Gasteiger partial charge on any atom is 0.481 e. The van der Waals surface area contributed by atoms with Crippen LogP contribution >= 0.6 is 35.2 Å². The number of nitrogens with one attached hydrogen (secondary N) is 2. The number of aliphatic hydroxyl groups is 2. The van der Waals surface area contributed by atoms with Gasteiger partial charge in [0.15, 0.2) is 22.8 Å². The Morgan fingerprint density at radius 1 is 0.910 bits per heavy atom. The van der Waals surface area contributed by atoms with E-state index in [0.717, 1.165) is 80.4 Å². The van der Waals surface area contributed by atoms with Crippen LogP contribution in [0.1, 0.15) is 110 Å². The number of imidazole rings is 1. The highest BCUT2D eigenvalue weighted by atomic mass is 32.2. The molecule has 0 aliphatic carbocycles. The number of carbonyl (C=O) groups excluding carboxylic acids is 3. The molecule has 2 aromatic heterocycles. The highest BCUT2D eigenvalue weighted by Gasteiger charge is 2.50. The third-order valence-corrected chi connectivity index (χ3v) is 14.1. The van der Waals surface area contributed by atoms with Gasteiger partial charge in [-0.15, -0.1) is 0 Å². The number of hydrogen-bond acceptors (Lipinski definition) is 18. The molecule has 2 aromatic rings. The lowest BCUT2D eigenvalue weighted by Gasteiger charge is -2.30. The number of ether oxygens (including phenoxy) is 1. The summed E-state index contributed by atoms with van der Waals surface area (Å²) in [5.41, 5.74) is 4.28. The Labute approximate surface area is 393 Å². The van der Waals surface area contributed by atoms with Crippen LogP contribution in [0.2, 0.25) is 0 Å². The summed E-state index contributed by atoms with van der Waals surface area (Å²) in [6.45, 7) is 2.76. The fourth-order valence-corrected chi connectivity index (χ4v) is 10.00. The summed E-state index contributed by atoms with van der Waals surface area (Å²) in [7, 11) is -16.4. The second-order valence-corrected chi connectivity index (χ2v) is 21.7. The zero-order valence-corrected chi connectivity index (χ0v) is 41.4. The van der Waals surface area contributed by atoms with Crippen molar-refractivity contribution < 1.29 is 80.5 Å². The van der Waals surface area contributed by atoms with Crippen LogP contribution in [-0.2, 0) is 50.7 Å². The number of phosphoric ester groups is 3. The number of amides is 2. The Balaban J connectivity index is 1.31. The first kappa shape index (κ1) is 58.4. The van der Waals surface area contributed by atoms with E-state index >= 15 is 0 Å². The predicted molar refractivity (Wildman–Crippen MR) is 246 cm³/mol. The first-order chi connectivity index (χ1) is 31.6. The number of nitrogens with two attached hydrogens (primary N) is 1. The number of hydrogen-bond donors (Lipinski definition) is 9. The molecule has 0 saturated carbocycles. The van der Waals surface area contributed by atoms with E-state index in [9.17, 15) is 57.9 Å².